The number of nitrogens with zero attached hydrogens (tertiary/aromatic N) is 5. The fourth-order valence-corrected chi connectivity index (χ4v) is 12.8. The predicted octanol–water partition coefficient (Wildman–Crippen LogP) is 16.6. The standard InChI is InChI=1S/C68H41N5/c1-3-19-43(20-4-1)65-69-66(52-28-17-32-58-63(52)51-27-11-15-31-57(51)68(58)55-29-13-9-24-48(55)49-25-10-14-30-56(49)68)71-67(70-65)73-59-33-16-12-26-50(59)53-40-44(35-37-60(53)73)45-36-38-61-54(41-45)64-47-23-8-7-18-42(47)34-39-62(64)72(61)46-21-5-2-6-22-46/h1-41H. The van der Waals surface area contributed by atoms with Crippen molar-refractivity contribution in [2.75, 3.05) is 0 Å². The minimum Gasteiger partial charge on any atom is -0.309 e. The lowest BCUT2D eigenvalue weighted by molar-refractivity contribution is 0.794. The summed E-state index contributed by atoms with van der Waals surface area (Å²) in [6.45, 7) is 0. The topological polar surface area (TPSA) is 48.5 Å². The van der Waals surface area contributed by atoms with E-state index in [1.165, 1.54) is 71.5 Å². The van der Waals surface area contributed by atoms with Gasteiger partial charge in [-0.15, -0.1) is 0 Å². The molecule has 0 aliphatic heterocycles. The third kappa shape index (κ3) is 5.53. The van der Waals surface area contributed by atoms with E-state index in [2.05, 4.69) is 252 Å². The van der Waals surface area contributed by atoms with Crippen LogP contribution in [0.15, 0.2) is 249 Å². The summed E-state index contributed by atoms with van der Waals surface area (Å²) >= 11 is 0. The molecule has 0 N–H and O–H groups in total. The first-order valence-corrected chi connectivity index (χ1v) is 25.0. The van der Waals surface area contributed by atoms with Crippen LogP contribution < -0.4 is 0 Å². The van der Waals surface area contributed by atoms with E-state index >= 15 is 0 Å². The molecule has 2 aliphatic rings. The third-order valence-electron chi connectivity index (χ3n) is 15.8. The highest BCUT2D eigenvalue weighted by atomic mass is 15.2. The summed E-state index contributed by atoms with van der Waals surface area (Å²) < 4.78 is 4.63. The van der Waals surface area contributed by atoms with Crippen molar-refractivity contribution in [1.82, 2.24) is 24.1 Å². The normalized spacial score (nSPS) is 13.0. The molecular weight excluding hydrogens is 887 g/mol. The second kappa shape index (κ2) is 15.1. The smallest absolute Gasteiger partial charge is 0.238 e. The van der Waals surface area contributed by atoms with Gasteiger partial charge in [0.2, 0.25) is 5.95 Å². The Balaban J connectivity index is 0.909. The molecule has 0 saturated heterocycles. The van der Waals surface area contributed by atoms with E-state index in [4.69, 9.17) is 15.0 Å². The van der Waals surface area contributed by atoms with E-state index in [-0.39, 0.29) is 0 Å². The molecule has 0 bridgehead atoms. The Morgan fingerprint density at radius 3 is 1.59 bits per heavy atom. The van der Waals surface area contributed by atoms with Crippen molar-refractivity contribution in [3.05, 3.63) is 271 Å². The molecule has 0 radical (unpaired) electrons. The van der Waals surface area contributed by atoms with Crippen molar-refractivity contribution in [2.24, 2.45) is 0 Å². The Labute approximate surface area is 420 Å². The van der Waals surface area contributed by atoms with Gasteiger partial charge in [0.05, 0.1) is 27.5 Å². The molecule has 0 unspecified atom stereocenters. The lowest BCUT2D eigenvalue weighted by atomic mass is 9.70. The summed E-state index contributed by atoms with van der Waals surface area (Å²) in [4.78, 5) is 16.3. The highest BCUT2D eigenvalue weighted by molar-refractivity contribution is 6.22. The first kappa shape index (κ1) is 40.1. The number of rotatable bonds is 5. The van der Waals surface area contributed by atoms with E-state index in [1.54, 1.807) is 0 Å². The Hall–Kier alpha value is -9.71. The van der Waals surface area contributed by atoms with Gasteiger partial charge in [-0.25, -0.2) is 4.98 Å². The zero-order chi connectivity index (χ0) is 47.8. The van der Waals surface area contributed by atoms with E-state index < -0.39 is 5.41 Å². The average molecular weight is 928 g/mol. The van der Waals surface area contributed by atoms with Gasteiger partial charge in [-0.3, -0.25) is 4.57 Å². The Morgan fingerprint density at radius 2 is 0.836 bits per heavy atom. The van der Waals surface area contributed by atoms with Crippen LogP contribution in [0.3, 0.4) is 0 Å². The number of fused-ring (bicyclic) bond motifs is 18. The number of benzene rings is 11. The van der Waals surface area contributed by atoms with Crippen LogP contribution in [-0.2, 0) is 5.41 Å². The molecule has 1 spiro atoms. The SMILES string of the molecule is c1ccc(-c2nc(-c3cccc4c3-c3ccccc3C43c4ccccc4-c4ccccc43)nc(-n3c4ccccc4c4cc(-c5ccc6c(c5)c5c7ccccc7ccc5n6-c5ccccc5)ccc43)n2)cc1. The lowest BCUT2D eigenvalue weighted by Gasteiger charge is -2.30. The van der Waals surface area contributed by atoms with E-state index in [9.17, 15) is 0 Å². The van der Waals surface area contributed by atoms with Gasteiger partial charge in [0.1, 0.15) is 0 Å². The third-order valence-corrected chi connectivity index (χ3v) is 15.8. The van der Waals surface area contributed by atoms with Gasteiger partial charge in [-0.2, -0.15) is 9.97 Å². The van der Waals surface area contributed by atoms with Crippen molar-refractivity contribution >= 4 is 54.4 Å². The van der Waals surface area contributed by atoms with Crippen molar-refractivity contribution in [3.63, 3.8) is 0 Å². The van der Waals surface area contributed by atoms with E-state index in [0.29, 0.717) is 17.6 Å². The van der Waals surface area contributed by atoms with Gasteiger partial charge in [-0.1, -0.05) is 200 Å². The largest absolute Gasteiger partial charge is 0.309 e. The molecular formula is C68H41N5. The molecule has 16 rings (SSSR count). The van der Waals surface area contributed by atoms with Crippen molar-refractivity contribution in [3.8, 4) is 67.8 Å². The van der Waals surface area contributed by atoms with Crippen molar-refractivity contribution < 1.29 is 0 Å². The molecule has 5 nitrogen and oxygen atoms in total. The fourth-order valence-electron chi connectivity index (χ4n) is 12.8. The Kier molecular flexibility index (Phi) is 8.31. The van der Waals surface area contributed by atoms with Crippen LogP contribution in [0.1, 0.15) is 22.3 Å². The van der Waals surface area contributed by atoms with Crippen molar-refractivity contribution in [2.45, 2.75) is 5.41 Å². The maximum absolute atomic E-state index is 5.56. The quantitative estimate of drug-likeness (QED) is 0.173. The molecule has 73 heavy (non-hydrogen) atoms. The molecule has 5 heteroatoms. The molecule has 14 aromatic rings. The van der Waals surface area contributed by atoms with Gasteiger partial charge in [-0.05, 0) is 115 Å². The predicted molar refractivity (Wildman–Crippen MR) is 299 cm³/mol. The fraction of sp³-hybridized carbons (Fsp3) is 0.0147. The number of hydrogen-bond acceptors (Lipinski definition) is 3. The second-order valence-electron chi connectivity index (χ2n) is 19.4. The molecule has 0 fully saturated rings. The van der Waals surface area contributed by atoms with Crippen LogP contribution in [-0.4, -0.2) is 24.1 Å². The van der Waals surface area contributed by atoms with Crippen LogP contribution >= 0.6 is 0 Å². The van der Waals surface area contributed by atoms with Crippen LogP contribution in [0.5, 0.6) is 0 Å². The van der Waals surface area contributed by atoms with Gasteiger partial charge in [0.15, 0.2) is 11.6 Å². The molecule has 338 valence electrons. The first-order valence-electron chi connectivity index (χ1n) is 25.0. The molecule has 0 amide bonds. The lowest BCUT2D eigenvalue weighted by Crippen LogP contribution is -2.25. The number of aromatic nitrogens is 5. The molecule has 0 atom stereocenters. The monoisotopic (exact) mass is 927 g/mol. The van der Waals surface area contributed by atoms with Crippen LogP contribution in [0, 0.1) is 0 Å². The minimum atomic E-state index is -0.491. The van der Waals surface area contributed by atoms with Gasteiger partial charge in [0.25, 0.3) is 0 Å². The summed E-state index contributed by atoms with van der Waals surface area (Å²) in [5, 5.41) is 7.23. The zero-order valence-electron chi connectivity index (χ0n) is 39.4. The molecule has 0 saturated carbocycles. The van der Waals surface area contributed by atoms with Gasteiger partial charge < -0.3 is 4.57 Å². The van der Waals surface area contributed by atoms with E-state index in [0.717, 1.165) is 55.3 Å². The summed E-state index contributed by atoms with van der Waals surface area (Å²) in [6.07, 6.45) is 0. The summed E-state index contributed by atoms with van der Waals surface area (Å²) in [6, 6.07) is 90.3. The molecule has 2 aliphatic carbocycles. The zero-order valence-corrected chi connectivity index (χ0v) is 39.4. The average Bonchev–Trinajstić information content (AvgIpc) is 4.17. The van der Waals surface area contributed by atoms with E-state index in [1.807, 2.05) is 6.07 Å². The maximum Gasteiger partial charge on any atom is 0.238 e. The number of para-hydroxylation sites is 2. The van der Waals surface area contributed by atoms with Crippen LogP contribution in [0.25, 0.3) is 122 Å². The summed E-state index contributed by atoms with van der Waals surface area (Å²) in [5.41, 5.74) is 19.3. The highest BCUT2D eigenvalue weighted by Crippen LogP contribution is 2.64. The number of hydrogen-bond donors (Lipinski definition) is 0. The molecule has 3 aromatic heterocycles. The highest BCUT2D eigenvalue weighted by Gasteiger charge is 2.52. The minimum absolute atomic E-state index is 0.491. The Bertz CT molecular complexity index is 4570. The van der Waals surface area contributed by atoms with Crippen molar-refractivity contribution in [1.29, 1.82) is 0 Å². The second-order valence-corrected chi connectivity index (χ2v) is 19.4. The Morgan fingerprint density at radius 1 is 0.301 bits per heavy atom. The van der Waals surface area contributed by atoms with Gasteiger partial charge >= 0.3 is 0 Å². The van der Waals surface area contributed by atoms with Crippen LogP contribution in [0.4, 0.5) is 0 Å². The summed E-state index contributed by atoms with van der Waals surface area (Å²) in [5.74, 6) is 1.82. The van der Waals surface area contributed by atoms with Crippen LogP contribution in [0.2, 0.25) is 0 Å². The maximum atomic E-state index is 5.56. The summed E-state index contributed by atoms with van der Waals surface area (Å²) in [7, 11) is 0. The van der Waals surface area contributed by atoms with Gasteiger partial charge in [0, 0.05) is 38.4 Å². The first-order chi connectivity index (χ1) is 36.2. The molecule has 11 aromatic carbocycles. The molecule has 3 heterocycles.